The van der Waals surface area contributed by atoms with Crippen LogP contribution in [-0.4, -0.2) is 38.3 Å². The van der Waals surface area contributed by atoms with Crippen molar-refractivity contribution in [2.75, 3.05) is 33.4 Å². The Balaban J connectivity index is 2.70. The molecule has 20 heavy (non-hydrogen) atoms. The number of ether oxygens (including phenoxy) is 1. The topological polar surface area (TPSA) is 38.5 Å². The molecule has 3 nitrogen and oxygen atoms in total. The van der Waals surface area contributed by atoms with E-state index in [1.807, 2.05) is 0 Å². The van der Waals surface area contributed by atoms with Crippen molar-refractivity contribution in [2.24, 2.45) is 11.7 Å². The average Bonchev–Trinajstić information content (AvgIpc) is 2.35. The average molecular weight is 286 g/mol. The van der Waals surface area contributed by atoms with Crippen LogP contribution in [0.5, 0.6) is 0 Å². The summed E-state index contributed by atoms with van der Waals surface area (Å²) in [6.45, 7) is 6.95. The van der Waals surface area contributed by atoms with Gasteiger partial charge in [0.2, 0.25) is 0 Å². The molecule has 1 unspecified atom stereocenters. The van der Waals surface area contributed by atoms with Gasteiger partial charge in [-0.1, -0.05) is 19.9 Å². The molecule has 5 heteroatoms. The molecule has 0 radical (unpaired) electrons. The van der Waals surface area contributed by atoms with Crippen LogP contribution in [-0.2, 0) is 4.74 Å². The van der Waals surface area contributed by atoms with Crippen molar-refractivity contribution in [1.82, 2.24) is 4.90 Å². The molecule has 0 saturated heterocycles. The second-order valence-electron chi connectivity index (χ2n) is 5.42. The first kappa shape index (κ1) is 17.0. The summed E-state index contributed by atoms with van der Waals surface area (Å²) in [5.41, 5.74) is 6.39. The first-order valence-corrected chi connectivity index (χ1v) is 6.85. The van der Waals surface area contributed by atoms with Crippen LogP contribution in [0.2, 0.25) is 0 Å². The Hall–Kier alpha value is -1.04. The zero-order chi connectivity index (χ0) is 15.1. The minimum Gasteiger partial charge on any atom is -0.383 e. The van der Waals surface area contributed by atoms with E-state index < -0.39 is 17.7 Å². The molecule has 0 heterocycles. The van der Waals surface area contributed by atoms with E-state index in [9.17, 15) is 8.78 Å². The van der Waals surface area contributed by atoms with Gasteiger partial charge in [0, 0.05) is 44.4 Å². The lowest BCUT2D eigenvalue weighted by atomic mass is 10.1. The molecule has 0 aliphatic heterocycles. The summed E-state index contributed by atoms with van der Waals surface area (Å²) in [4.78, 5) is 2.14. The molecule has 0 saturated carbocycles. The number of benzene rings is 1. The van der Waals surface area contributed by atoms with Crippen molar-refractivity contribution in [3.63, 3.8) is 0 Å². The molecule has 0 amide bonds. The van der Waals surface area contributed by atoms with Gasteiger partial charge in [-0.05, 0) is 12.0 Å². The largest absolute Gasteiger partial charge is 0.383 e. The summed E-state index contributed by atoms with van der Waals surface area (Å²) in [7, 11) is 1.65. The SMILES string of the molecule is COCCN(CC(C)C)CC(N)c1ccc(F)cc1F. The molecule has 1 aromatic carbocycles. The van der Waals surface area contributed by atoms with E-state index >= 15 is 0 Å². The van der Waals surface area contributed by atoms with Crippen molar-refractivity contribution in [2.45, 2.75) is 19.9 Å². The lowest BCUT2D eigenvalue weighted by Gasteiger charge is -2.27. The van der Waals surface area contributed by atoms with Crippen LogP contribution in [0.1, 0.15) is 25.5 Å². The van der Waals surface area contributed by atoms with E-state index in [1.54, 1.807) is 7.11 Å². The smallest absolute Gasteiger partial charge is 0.130 e. The van der Waals surface area contributed by atoms with Gasteiger partial charge in [-0.2, -0.15) is 0 Å². The number of rotatable bonds is 8. The molecule has 2 N–H and O–H groups in total. The Morgan fingerprint density at radius 1 is 1.25 bits per heavy atom. The first-order valence-electron chi connectivity index (χ1n) is 6.85. The van der Waals surface area contributed by atoms with Gasteiger partial charge in [0.25, 0.3) is 0 Å². The Bertz CT molecular complexity index is 413. The van der Waals surface area contributed by atoms with Gasteiger partial charge in [0.1, 0.15) is 11.6 Å². The summed E-state index contributed by atoms with van der Waals surface area (Å²) >= 11 is 0. The maximum atomic E-state index is 13.7. The van der Waals surface area contributed by atoms with Crippen molar-refractivity contribution in [3.8, 4) is 0 Å². The minimum atomic E-state index is -0.589. The summed E-state index contributed by atoms with van der Waals surface area (Å²) in [5.74, 6) is -0.692. The standard InChI is InChI=1S/C15H24F2N2O/c1-11(2)9-19(6-7-20-3)10-15(18)13-5-4-12(16)8-14(13)17/h4-5,8,11,15H,6-7,9-10,18H2,1-3H3. The second kappa shape index (κ2) is 8.29. The Morgan fingerprint density at radius 3 is 2.50 bits per heavy atom. The molecular weight excluding hydrogens is 262 g/mol. The molecule has 0 aromatic heterocycles. The highest BCUT2D eigenvalue weighted by molar-refractivity contribution is 5.22. The van der Waals surface area contributed by atoms with Gasteiger partial charge in [-0.3, -0.25) is 4.90 Å². The highest BCUT2D eigenvalue weighted by atomic mass is 19.1. The van der Waals surface area contributed by atoms with Crippen LogP contribution in [0, 0.1) is 17.6 Å². The van der Waals surface area contributed by atoms with E-state index in [-0.39, 0.29) is 0 Å². The zero-order valence-corrected chi connectivity index (χ0v) is 12.4. The quantitative estimate of drug-likeness (QED) is 0.798. The molecule has 0 aliphatic rings. The number of nitrogens with zero attached hydrogens (tertiary/aromatic N) is 1. The highest BCUT2D eigenvalue weighted by Gasteiger charge is 2.17. The molecule has 0 aliphatic carbocycles. The van der Waals surface area contributed by atoms with Crippen LogP contribution in [0.3, 0.4) is 0 Å². The number of nitrogens with two attached hydrogens (primary N) is 1. The van der Waals surface area contributed by atoms with Gasteiger partial charge >= 0.3 is 0 Å². The molecule has 0 fully saturated rings. The normalized spacial score (nSPS) is 13.2. The maximum Gasteiger partial charge on any atom is 0.130 e. The van der Waals surface area contributed by atoms with Crippen LogP contribution in [0.25, 0.3) is 0 Å². The number of hydrogen-bond acceptors (Lipinski definition) is 3. The van der Waals surface area contributed by atoms with Crippen molar-refractivity contribution < 1.29 is 13.5 Å². The first-order chi connectivity index (χ1) is 9.43. The Kier molecular flexibility index (Phi) is 7.05. The maximum absolute atomic E-state index is 13.7. The van der Waals surface area contributed by atoms with Gasteiger partial charge in [0.05, 0.1) is 6.61 Å². The summed E-state index contributed by atoms with van der Waals surface area (Å²) < 4.78 is 31.7. The molecular formula is C15H24F2N2O. The number of halogens is 2. The number of hydrogen-bond donors (Lipinski definition) is 1. The highest BCUT2D eigenvalue weighted by Crippen LogP contribution is 2.17. The van der Waals surface area contributed by atoms with Gasteiger partial charge in [0.15, 0.2) is 0 Å². The van der Waals surface area contributed by atoms with Gasteiger partial charge in [-0.15, -0.1) is 0 Å². The van der Waals surface area contributed by atoms with Gasteiger partial charge in [-0.25, -0.2) is 8.78 Å². The van der Waals surface area contributed by atoms with Gasteiger partial charge < -0.3 is 10.5 Å². The summed E-state index contributed by atoms with van der Waals surface area (Å²) in [6.07, 6.45) is 0. The van der Waals surface area contributed by atoms with E-state index in [1.165, 1.54) is 12.1 Å². The lowest BCUT2D eigenvalue weighted by molar-refractivity contribution is 0.135. The van der Waals surface area contributed by atoms with Crippen LogP contribution < -0.4 is 5.73 Å². The van der Waals surface area contributed by atoms with E-state index in [0.717, 1.165) is 19.2 Å². The van der Waals surface area contributed by atoms with Crippen molar-refractivity contribution >= 4 is 0 Å². The number of methoxy groups -OCH3 is 1. The predicted octanol–water partition coefficient (Wildman–Crippen LogP) is 2.57. The fraction of sp³-hybridized carbons (Fsp3) is 0.600. The van der Waals surface area contributed by atoms with Crippen molar-refractivity contribution in [1.29, 1.82) is 0 Å². The molecule has 0 spiro atoms. The zero-order valence-electron chi connectivity index (χ0n) is 12.4. The van der Waals surface area contributed by atoms with Crippen LogP contribution in [0.15, 0.2) is 18.2 Å². The molecule has 0 bridgehead atoms. The van der Waals surface area contributed by atoms with E-state index in [4.69, 9.17) is 10.5 Å². The van der Waals surface area contributed by atoms with E-state index in [0.29, 0.717) is 24.6 Å². The Labute approximate surface area is 119 Å². The van der Waals surface area contributed by atoms with E-state index in [2.05, 4.69) is 18.7 Å². The Morgan fingerprint density at radius 2 is 1.95 bits per heavy atom. The van der Waals surface area contributed by atoms with Crippen LogP contribution in [0.4, 0.5) is 8.78 Å². The fourth-order valence-electron chi connectivity index (χ4n) is 2.17. The fourth-order valence-corrected chi connectivity index (χ4v) is 2.17. The van der Waals surface area contributed by atoms with Crippen molar-refractivity contribution in [3.05, 3.63) is 35.4 Å². The molecule has 1 atom stereocenters. The summed E-state index contributed by atoms with van der Waals surface area (Å²) in [5, 5.41) is 0. The molecule has 114 valence electrons. The third kappa shape index (κ3) is 5.53. The third-order valence-electron chi connectivity index (χ3n) is 3.05. The second-order valence-corrected chi connectivity index (χ2v) is 5.42. The molecule has 1 aromatic rings. The lowest BCUT2D eigenvalue weighted by Crippen LogP contribution is -2.37. The predicted molar refractivity (Wildman–Crippen MR) is 76.4 cm³/mol. The minimum absolute atomic E-state index is 0.345. The molecule has 1 rings (SSSR count). The van der Waals surface area contributed by atoms with Crippen LogP contribution >= 0.6 is 0 Å². The monoisotopic (exact) mass is 286 g/mol. The summed E-state index contributed by atoms with van der Waals surface area (Å²) in [6, 6.07) is 3.04. The third-order valence-corrected chi connectivity index (χ3v) is 3.05.